The highest BCUT2D eigenvalue weighted by atomic mass is 32.2. The number of aliphatic hydroxyl groups is 1. The van der Waals surface area contributed by atoms with Crippen LogP contribution in [0.15, 0.2) is 52.3 Å². The fourth-order valence-electron chi connectivity index (χ4n) is 3.12. The average molecular weight is 342 g/mol. The maximum atomic E-state index is 12.6. The van der Waals surface area contributed by atoms with Crippen LogP contribution in [0.3, 0.4) is 0 Å². The highest BCUT2D eigenvalue weighted by Gasteiger charge is 2.48. The van der Waals surface area contributed by atoms with Crippen molar-refractivity contribution in [3.8, 4) is 6.07 Å². The number of carbonyl (C=O) groups excluding carboxylic acids is 1. The summed E-state index contributed by atoms with van der Waals surface area (Å²) in [6.07, 6.45) is 0. The van der Waals surface area contributed by atoms with Gasteiger partial charge in [-0.2, -0.15) is 5.26 Å². The SMILES string of the molecule is CNC(=O)C1=C2SCC(C)(O)N2C(N)=C(C#N)C1c1ccccc1. The second kappa shape index (κ2) is 5.89. The Morgan fingerprint density at radius 1 is 1.50 bits per heavy atom. The number of nitrogens with two attached hydrogens (primary N) is 1. The lowest BCUT2D eigenvalue weighted by Crippen LogP contribution is -2.47. The third kappa shape index (κ3) is 2.35. The van der Waals surface area contributed by atoms with Crippen LogP contribution >= 0.6 is 11.8 Å². The molecule has 0 aliphatic carbocycles. The van der Waals surface area contributed by atoms with Crippen molar-refractivity contribution in [2.24, 2.45) is 5.73 Å². The van der Waals surface area contributed by atoms with E-state index < -0.39 is 11.6 Å². The second-order valence-corrected chi connectivity index (χ2v) is 6.86. The Bertz CT molecular complexity index is 793. The van der Waals surface area contributed by atoms with E-state index >= 15 is 0 Å². The van der Waals surface area contributed by atoms with Crippen LogP contribution in [0, 0.1) is 11.3 Å². The Morgan fingerprint density at radius 2 is 2.17 bits per heavy atom. The van der Waals surface area contributed by atoms with E-state index in [1.807, 2.05) is 30.3 Å². The minimum absolute atomic E-state index is 0.198. The number of rotatable bonds is 2. The molecule has 0 aromatic heterocycles. The minimum Gasteiger partial charge on any atom is -0.384 e. The van der Waals surface area contributed by atoms with Crippen LogP contribution < -0.4 is 11.1 Å². The van der Waals surface area contributed by atoms with Crippen molar-refractivity contribution in [3.05, 3.63) is 57.9 Å². The van der Waals surface area contributed by atoms with Crippen LogP contribution in [0.4, 0.5) is 0 Å². The van der Waals surface area contributed by atoms with Crippen LogP contribution in [0.2, 0.25) is 0 Å². The van der Waals surface area contributed by atoms with Gasteiger partial charge in [-0.3, -0.25) is 9.69 Å². The third-order valence-corrected chi connectivity index (χ3v) is 5.58. The predicted octanol–water partition coefficient (Wildman–Crippen LogP) is 1.19. The molecule has 24 heavy (non-hydrogen) atoms. The van der Waals surface area contributed by atoms with Gasteiger partial charge in [0, 0.05) is 12.8 Å². The molecule has 0 spiro atoms. The summed E-state index contributed by atoms with van der Waals surface area (Å²) in [6.45, 7) is 1.62. The molecule has 1 fully saturated rings. The Hall–Kier alpha value is -2.43. The lowest BCUT2D eigenvalue weighted by Gasteiger charge is -2.38. The number of carbonyl (C=O) groups is 1. The normalized spacial score (nSPS) is 26.2. The first-order valence-corrected chi connectivity index (χ1v) is 8.47. The molecule has 0 bridgehead atoms. The highest BCUT2D eigenvalue weighted by molar-refractivity contribution is 8.03. The van der Waals surface area contributed by atoms with Gasteiger partial charge in [-0.15, -0.1) is 11.8 Å². The Labute approximate surface area is 144 Å². The summed E-state index contributed by atoms with van der Waals surface area (Å²) >= 11 is 1.37. The monoisotopic (exact) mass is 342 g/mol. The number of likely N-dealkylation sites (N-methyl/N-ethyl adjacent to an activating group) is 1. The fraction of sp³-hybridized carbons (Fsp3) is 0.294. The lowest BCUT2D eigenvalue weighted by atomic mass is 9.82. The summed E-state index contributed by atoms with van der Waals surface area (Å²) in [7, 11) is 1.55. The molecule has 0 saturated carbocycles. The van der Waals surface area contributed by atoms with Gasteiger partial charge in [0.1, 0.15) is 5.82 Å². The molecular weight excluding hydrogens is 324 g/mol. The van der Waals surface area contributed by atoms with Crippen molar-refractivity contribution < 1.29 is 9.90 Å². The molecule has 2 aliphatic heterocycles. The van der Waals surface area contributed by atoms with Crippen LogP contribution in [-0.2, 0) is 4.79 Å². The molecule has 1 saturated heterocycles. The van der Waals surface area contributed by atoms with Gasteiger partial charge >= 0.3 is 0 Å². The number of nitriles is 1. The number of allylic oxidation sites excluding steroid dienone is 1. The molecule has 1 aromatic rings. The molecule has 1 aromatic carbocycles. The number of amides is 1. The molecule has 2 unspecified atom stereocenters. The first-order valence-electron chi connectivity index (χ1n) is 7.48. The minimum atomic E-state index is -1.24. The number of thioether (sulfide) groups is 1. The average Bonchev–Trinajstić information content (AvgIpc) is 2.90. The quantitative estimate of drug-likeness (QED) is 0.746. The number of benzene rings is 1. The summed E-state index contributed by atoms with van der Waals surface area (Å²) in [5.41, 5.74) is 6.51. The van der Waals surface area contributed by atoms with Crippen LogP contribution in [0.5, 0.6) is 0 Å². The first-order chi connectivity index (χ1) is 11.4. The summed E-state index contributed by atoms with van der Waals surface area (Å²) < 4.78 is 0. The van der Waals surface area contributed by atoms with Crippen LogP contribution in [-0.4, -0.2) is 34.4 Å². The van der Waals surface area contributed by atoms with E-state index in [-0.39, 0.29) is 17.3 Å². The largest absolute Gasteiger partial charge is 0.384 e. The predicted molar refractivity (Wildman–Crippen MR) is 92.0 cm³/mol. The van der Waals surface area contributed by atoms with Gasteiger partial charge in [0.25, 0.3) is 5.91 Å². The van der Waals surface area contributed by atoms with Crippen molar-refractivity contribution in [1.29, 1.82) is 5.26 Å². The van der Waals surface area contributed by atoms with E-state index in [1.165, 1.54) is 16.7 Å². The molecule has 4 N–H and O–H groups in total. The maximum Gasteiger partial charge on any atom is 0.250 e. The molecule has 1 amide bonds. The number of nitrogens with zero attached hydrogens (tertiary/aromatic N) is 2. The van der Waals surface area contributed by atoms with E-state index in [2.05, 4.69) is 11.4 Å². The molecule has 2 atom stereocenters. The number of nitrogens with one attached hydrogen (secondary N) is 1. The van der Waals surface area contributed by atoms with Crippen LogP contribution in [0.25, 0.3) is 0 Å². The van der Waals surface area contributed by atoms with Gasteiger partial charge in [-0.05, 0) is 12.5 Å². The third-order valence-electron chi connectivity index (χ3n) is 4.22. The lowest BCUT2D eigenvalue weighted by molar-refractivity contribution is -0.117. The summed E-state index contributed by atoms with van der Waals surface area (Å²) in [5.74, 6) is -0.272. The zero-order valence-electron chi connectivity index (χ0n) is 13.4. The number of hydrogen-bond acceptors (Lipinski definition) is 6. The zero-order chi connectivity index (χ0) is 17.5. The standard InChI is InChI=1S/C17H18N4O2S/c1-17(23)9-24-16-13(15(22)20-2)12(10-6-4-3-5-7-10)11(8-18)14(19)21(16)17/h3-7,12,23H,9,19H2,1-2H3,(H,20,22). The van der Waals surface area contributed by atoms with Gasteiger partial charge in [-0.1, -0.05) is 30.3 Å². The smallest absolute Gasteiger partial charge is 0.250 e. The van der Waals surface area contributed by atoms with Crippen molar-refractivity contribution in [1.82, 2.24) is 10.2 Å². The van der Waals surface area contributed by atoms with E-state index in [4.69, 9.17) is 5.73 Å². The molecule has 7 heteroatoms. The van der Waals surface area contributed by atoms with Gasteiger partial charge in [0.15, 0.2) is 5.72 Å². The second-order valence-electron chi connectivity index (χ2n) is 5.89. The van der Waals surface area contributed by atoms with Gasteiger partial charge < -0.3 is 16.2 Å². The van der Waals surface area contributed by atoms with Gasteiger partial charge in [-0.25, -0.2) is 0 Å². The molecule has 0 radical (unpaired) electrons. The Balaban J connectivity index is 2.29. The van der Waals surface area contributed by atoms with Crippen LogP contribution in [0.1, 0.15) is 18.4 Å². The van der Waals surface area contributed by atoms with Crippen molar-refractivity contribution in [3.63, 3.8) is 0 Å². The highest BCUT2D eigenvalue weighted by Crippen LogP contribution is 2.50. The summed E-state index contributed by atoms with van der Waals surface area (Å²) in [6, 6.07) is 11.5. The summed E-state index contributed by atoms with van der Waals surface area (Å²) in [5, 5.41) is 23.6. The number of hydrogen-bond donors (Lipinski definition) is 3. The molecule has 3 rings (SSSR count). The maximum absolute atomic E-state index is 12.6. The molecule has 124 valence electrons. The van der Waals surface area contributed by atoms with Gasteiger partial charge in [0.2, 0.25) is 0 Å². The molecule has 2 heterocycles. The first kappa shape index (κ1) is 16.4. The van der Waals surface area contributed by atoms with E-state index in [9.17, 15) is 15.2 Å². The number of fused-ring (bicyclic) bond motifs is 1. The van der Waals surface area contributed by atoms with E-state index in [0.717, 1.165) is 5.56 Å². The van der Waals surface area contributed by atoms with Crippen molar-refractivity contribution >= 4 is 17.7 Å². The van der Waals surface area contributed by atoms with Crippen molar-refractivity contribution in [2.75, 3.05) is 12.8 Å². The van der Waals surface area contributed by atoms with E-state index in [1.54, 1.807) is 14.0 Å². The summed E-state index contributed by atoms with van der Waals surface area (Å²) in [4.78, 5) is 14.1. The zero-order valence-corrected chi connectivity index (χ0v) is 14.2. The Morgan fingerprint density at radius 3 is 2.75 bits per heavy atom. The van der Waals surface area contributed by atoms with Gasteiger partial charge in [0.05, 0.1) is 28.2 Å². The fourth-order valence-corrected chi connectivity index (χ4v) is 4.45. The topological polar surface area (TPSA) is 102 Å². The molecule has 6 nitrogen and oxygen atoms in total. The molecule has 2 aliphatic rings. The molecular formula is C17H18N4O2S. The Kier molecular flexibility index (Phi) is 4.03. The van der Waals surface area contributed by atoms with E-state index in [0.29, 0.717) is 16.4 Å². The van der Waals surface area contributed by atoms with Crippen molar-refractivity contribution in [2.45, 2.75) is 18.6 Å².